The van der Waals surface area contributed by atoms with E-state index in [0.29, 0.717) is 13.1 Å². The standard InChI is InChI=1S/C20H30N2O6/c1-20(2,3)28-19(26)21-11-14-22(12-9-17(23)24)13-10-18(25)27-15-16-7-5-4-6-8-16/h4-8H,9-15H2,1-3H3,(H,21,26)(H,23,24)/p-1. The van der Waals surface area contributed by atoms with Crippen molar-refractivity contribution < 1.29 is 29.0 Å². The third kappa shape index (κ3) is 11.9. The summed E-state index contributed by atoms with van der Waals surface area (Å²) in [5, 5.41) is 13.3. The molecule has 0 saturated carbocycles. The van der Waals surface area contributed by atoms with Crippen molar-refractivity contribution in [3.63, 3.8) is 0 Å². The Morgan fingerprint density at radius 1 is 1.04 bits per heavy atom. The number of carboxylic acids is 1. The van der Waals surface area contributed by atoms with E-state index in [9.17, 15) is 19.5 Å². The summed E-state index contributed by atoms with van der Waals surface area (Å²) in [6.45, 7) is 6.65. The monoisotopic (exact) mass is 393 g/mol. The van der Waals surface area contributed by atoms with E-state index in [4.69, 9.17) is 9.47 Å². The molecule has 0 aromatic heterocycles. The minimum absolute atomic E-state index is 0.117. The predicted molar refractivity (Wildman–Crippen MR) is 101 cm³/mol. The molecular formula is C20H29N2O6-. The number of hydrogen-bond acceptors (Lipinski definition) is 7. The number of hydrogen-bond donors (Lipinski definition) is 1. The molecule has 0 fully saturated rings. The topological polar surface area (TPSA) is 108 Å². The first-order valence-electron chi connectivity index (χ1n) is 9.24. The number of carbonyl (C=O) groups excluding carboxylic acids is 3. The number of nitrogens with zero attached hydrogens (tertiary/aromatic N) is 1. The average Bonchev–Trinajstić information content (AvgIpc) is 2.61. The first kappa shape index (κ1) is 23.4. The van der Waals surface area contributed by atoms with Crippen LogP contribution in [0.4, 0.5) is 4.79 Å². The van der Waals surface area contributed by atoms with Crippen LogP contribution in [0.15, 0.2) is 30.3 Å². The molecule has 8 nitrogen and oxygen atoms in total. The zero-order valence-electron chi connectivity index (χ0n) is 16.7. The summed E-state index contributed by atoms with van der Waals surface area (Å²) in [6.07, 6.45) is -0.590. The Labute approximate surface area is 165 Å². The van der Waals surface area contributed by atoms with Crippen LogP contribution in [0.2, 0.25) is 0 Å². The van der Waals surface area contributed by atoms with Crippen molar-refractivity contribution in [1.29, 1.82) is 0 Å². The number of carbonyl (C=O) groups is 3. The normalized spacial score (nSPS) is 11.1. The van der Waals surface area contributed by atoms with Crippen molar-refractivity contribution in [1.82, 2.24) is 10.2 Å². The van der Waals surface area contributed by atoms with E-state index < -0.39 is 17.7 Å². The van der Waals surface area contributed by atoms with Gasteiger partial charge in [-0.2, -0.15) is 0 Å². The quantitative estimate of drug-likeness (QED) is 0.561. The van der Waals surface area contributed by atoms with Crippen LogP contribution >= 0.6 is 0 Å². The number of benzene rings is 1. The molecule has 0 atom stereocenters. The Morgan fingerprint density at radius 2 is 1.68 bits per heavy atom. The van der Waals surface area contributed by atoms with Crippen LogP contribution < -0.4 is 10.4 Å². The fourth-order valence-corrected chi connectivity index (χ4v) is 2.27. The number of carboxylic acid groups (broad SMARTS) is 1. The Morgan fingerprint density at radius 3 is 2.29 bits per heavy atom. The number of rotatable bonds is 11. The zero-order valence-corrected chi connectivity index (χ0v) is 16.7. The van der Waals surface area contributed by atoms with Crippen LogP contribution in [0.5, 0.6) is 0 Å². The van der Waals surface area contributed by atoms with Crippen LogP contribution in [-0.4, -0.2) is 54.7 Å². The molecule has 0 aliphatic carbocycles. The maximum Gasteiger partial charge on any atom is 0.407 e. The summed E-state index contributed by atoms with van der Waals surface area (Å²) in [6, 6.07) is 9.33. The number of nitrogens with one attached hydrogen (secondary N) is 1. The third-order valence-electron chi connectivity index (χ3n) is 3.60. The van der Waals surface area contributed by atoms with Crippen LogP contribution in [0.3, 0.4) is 0 Å². The van der Waals surface area contributed by atoms with Crippen molar-refractivity contribution in [2.24, 2.45) is 0 Å². The van der Waals surface area contributed by atoms with Gasteiger partial charge in [0.15, 0.2) is 0 Å². The lowest BCUT2D eigenvalue weighted by molar-refractivity contribution is -0.305. The number of ether oxygens (including phenoxy) is 2. The Bertz CT molecular complexity index is 627. The van der Waals surface area contributed by atoms with Crippen molar-refractivity contribution >= 4 is 18.0 Å². The summed E-state index contributed by atoms with van der Waals surface area (Å²) < 4.78 is 10.4. The van der Waals surface area contributed by atoms with Gasteiger partial charge in [0, 0.05) is 32.1 Å². The lowest BCUT2D eigenvalue weighted by atomic mass is 10.2. The largest absolute Gasteiger partial charge is 0.550 e. The maximum absolute atomic E-state index is 11.9. The van der Waals surface area contributed by atoms with Crippen molar-refractivity contribution in [3.05, 3.63) is 35.9 Å². The fourth-order valence-electron chi connectivity index (χ4n) is 2.27. The molecule has 0 heterocycles. The molecule has 1 N–H and O–H groups in total. The van der Waals surface area contributed by atoms with Crippen molar-refractivity contribution in [2.75, 3.05) is 26.2 Å². The van der Waals surface area contributed by atoms with E-state index in [2.05, 4.69) is 5.32 Å². The summed E-state index contributed by atoms with van der Waals surface area (Å²) in [5.41, 5.74) is 0.299. The van der Waals surface area contributed by atoms with Crippen LogP contribution in [-0.2, 0) is 25.7 Å². The second kappa shape index (κ2) is 12.0. The van der Waals surface area contributed by atoms with Crippen LogP contribution in [0.1, 0.15) is 39.2 Å². The highest BCUT2D eigenvalue weighted by molar-refractivity contribution is 5.69. The van der Waals surface area contributed by atoms with E-state index >= 15 is 0 Å². The van der Waals surface area contributed by atoms with Gasteiger partial charge in [0.1, 0.15) is 12.2 Å². The van der Waals surface area contributed by atoms with E-state index in [1.54, 1.807) is 25.7 Å². The summed E-state index contributed by atoms with van der Waals surface area (Å²) >= 11 is 0. The van der Waals surface area contributed by atoms with Gasteiger partial charge in [0.25, 0.3) is 0 Å². The molecule has 28 heavy (non-hydrogen) atoms. The van der Waals surface area contributed by atoms with E-state index in [-0.39, 0.29) is 38.5 Å². The van der Waals surface area contributed by atoms with Crippen LogP contribution in [0, 0.1) is 0 Å². The Kier molecular flexibility index (Phi) is 10.0. The Hall–Kier alpha value is -2.61. The smallest absolute Gasteiger partial charge is 0.407 e. The van der Waals surface area contributed by atoms with Gasteiger partial charge in [-0.05, 0) is 32.8 Å². The highest BCUT2D eigenvalue weighted by atomic mass is 16.6. The number of esters is 1. The molecule has 1 amide bonds. The highest BCUT2D eigenvalue weighted by Crippen LogP contribution is 2.06. The molecule has 156 valence electrons. The lowest BCUT2D eigenvalue weighted by Gasteiger charge is -2.23. The molecule has 0 aliphatic rings. The van der Waals surface area contributed by atoms with Gasteiger partial charge < -0.3 is 29.6 Å². The SMILES string of the molecule is CC(C)(C)OC(=O)NCCN(CCC(=O)[O-])CCC(=O)OCc1ccccc1. The molecule has 0 unspecified atom stereocenters. The molecule has 1 aromatic carbocycles. The second-order valence-corrected chi connectivity index (χ2v) is 7.29. The minimum atomic E-state index is -1.17. The zero-order chi connectivity index (χ0) is 21.0. The first-order chi connectivity index (χ1) is 13.2. The summed E-state index contributed by atoms with van der Waals surface area (Å²) in [5.74, 6) is -1.54. The molecule has 0 radical (unpaired) electrons. The molecular weight excluding hydrogens is 364 g/mol. The van der Waals surface area contributed by atoms with Gasteiger partial charge in [-0.3, -0.25) is 4.79 Å². The lowest BCUT2D eigenvalue weighted by Crippen LogP contribution is -2.40. The van der Waals surface area contributed by atoms with Crippen molar-refractivity contribution in [2.45, 2.75) is 45.8 Å². The molecule has 1 rings (SSSR count). The highest BCUT2D eigenvalue weighted by Gasteiger charge is 2.16. The van der Waals surface area contributed by atoms with Gasteiger partial charge in [0.2, 0.25) is 0 Å². The number of amides is 1. The fraction of sp³-hybridized carbons (Fsp3) is 0.550. The molecule has 1 aromatic rings. The number of aliphatic carboxylic acids is 1. The molecule has 0 saturated heterocycles. The summed E-state index contributed by atoms with van der Waals surface area (Å²) in [4.78, 5) is 36.1. The van der Waals surface area contributed by atoms with Gasteiger partial charge in [-0.15, -0.1) is 0 Å². The van der Waals surface area contributed by atoms with Crippen LogP contribution in [0.25, 0.3) is 0 Å². The molecule has 0 bridgehead atoms. The maximum atomic E-state index is 11.9. The predicted octanol–water partition coefficient (Wildman–Crippen LogP) is 1.09. The molecule has 8 heteroatoms. The minimum Gasteiger partial charge on any atom is -0.550 e. The van der Waals surface area contributed by atoms with E-state index in [1.165, 1.54) is 0 Å². The first-order valence-corrected chi connectivity index (χ1v) is 9.24. The van der Waals surface area contributed by atoms with Gasteiger partial charge in [0.05, 0.1) is 6.42 Å². The Balaban J connectivity index is 2.38. The van der Waals surface area contributed by atoms with Gasteiger partial charge in [-0.25, -0.2) is 4.79 Å². The van der Waals surface area contributed by atoms with Crippen molar-refractivity contribution in [3.8, 4) is 0 Å². The second-order valence-electron chi connectivity index (χ2n) is 7.29. The number of alkyl carbamates (subject to hydrolysis) is 1. The summed E-state index contributed by atoms with van der Waals surface area (Å²) in [7, 11) is 0. The average molecular weight is 393 g/mol. The third-order valence-corrected chi connectivity index (χ3v) is 3.60. The van der Waals surface area contributed by atoms with Gasteiger partial charge >= 0.3 is 12.1 Å². The van der Waals surface area contributed by atoms with Gasteiger partial charge in [-0.1, -0.05) is 30.3 Å². The molecule has 0 spiro atoms. The van der Waals surface area contributed by atoms with E-state index in [0.717, 1.165) is 5.56 Å². The molecule has 0 aliphatic heterocycles. The van der Waals surface area contributed by atoms with E-state index in [1.807, 2.05) is 30.3 Å².